The Bertz CT molecular complexity index is 552. The SMILES string of the molecule is CCCCCNc1ncccc1C(=O)c1ccccc1. The molecule has 2 rings (SSSR count). The molecule has 3 heteroatoms. The predicted molar refractivity (Wildman–Crippen MR) is 82.1 cm³/mol. The van der Waals surface area contributed by atoms with Gasteiger partial charge in [-0.2, -0.15) is 0 Å². The van der Waals surface area contributed by atoms with Crippen LogP contribution in [0.15, 0.2) is 48.7 Å². The molecule has 0 amide bonds. The number of anilines is 1. The molecule has 0 atom stereocenters. The minimum Gasteiger partial charge on any atom is -0.369 e. The van der Waals surface area contributed by atoms with E-state index >= 15 is 0 Å². The van der Waals surface area contributed by atoms with E-state index in [0.29, 0.717) is 16.9 Å². The highest BCUT2D eigenvalue weighted by Gasteiger charge is 2.13. The number of nitrogens with one attached hydrogen (secondary N) is 1. The number of benzene rings is 1. The average molecular weight is 268 g/mol. The maximum absolute atomic E-state index is 12.5. The van der Waals surface area contributed by atoms with Crippen molar-refractivity contribution in [2.75, 3.05) is 11.9 Å². The fourth-order valence-electron chi connectivity index (χ4n) is 2.06. The second kappa shape index (κ2) is 7.43. The first-order chi connectivity index (χ1) is 9.83. The van der Waals surface area contributed by atoms with Crippen molar-refractivity contribution in [1.29, 1.82) is 0 Å². The zero-order valence-electron chi connectivity index (χ0n) is 11.8. The first-order valence-corrected chi connectivity index (χ1v) is 7.11. The molecule has 0 aliphatic rings. The maximum atomic E-state index is 12.5. The van der Waals surface area contributed by atoms with Gasteiger partial charge in [0.2, 0.25) is 0 Å². The van der Waals surface area contributed by atoms with Gasteiger partial charge in [-0.05, 0) is 18.6 Å². The number of rotatable bonds is 7. The van der Waals surface area contributed by atoms with Crippen molar-refractivity contribution in [3.05, 3.63) is 59.8 Å². The predicted octanol–water partition coefficient (Wildman–Crippen LogP) is 3.91. The van der Waals surface area contributed by atoms with Crippen LogP contribution in [0.5, 0.6) is 0 Å². The van der Waals surface area contributed by atoms with Crippen molar-refractivity contribution in [2.45, 2.75) is 26.2 Å². The van der Waals surface area contributed by atoms with Crippen molar-refractivity contribution >= 4 is 11.6 Å². The van der Waals surface area contributed by atoms with Crippen molar-refractivity contribution in [3.8, 4) is 0 Å². The quantitative estimate of drug-likeness (QED) is 0.611. The molecule has 104 valence electrons. The highest BCUT2D eigenvalue weighted by atomic mass is 16.1. The lowest BCUT2D eigenvalue weighted by atomic mass is 10.0. The maximum Gasteiger partial charge on any atom is 0.196 e. The molecule has 1 N–H and O–H groups in total. The molecule has 0 spiro atoms. The summed E-state index contributed by atoms with van der Waals surface area (Å²) in [4.78, 5) is 16.8. The Balaban J connectivity index is 2.13. The third-order valence-corrected chi connectivity index (χ3v) is 3.16. The molecule has 0 saturated heterocycles. The van der Waals surface area contributed by atoms with Gasteiger partial charge in [0.1, 0.15) is 5.82 Å². The van der Waals surface area contributed by atoms with E-state index < -0.39 is 0 Å². The minimum absolute atomic E-state index is 0.0108. The zero-order chi connectivity index (χ0) is 14.2. The molecule has 3 nitrogen and oxygen atoms in total. The van der Waals surface area contributed by atoms with Gasteiger partial charge in [-0.15, -0.1) is 0 Å². The molecule has 0 radical (unpaired) electrons. The molecule has 0 saturated carbocycles. The standard InChI is InChI=1S/C17H20N2O/c1-2-3-7-12-18-17-15(11-8-13-19-17)16(20)14-9-5-4-6-10-14/h4-6,8-11,13H,2-3,7,12H2,1H3,(H,18,19). The largest absolute Gasteiger partial charge is 0.369 e. The van der Waals surface area contributed by atoms with Crippen molar-refractivity contribution in [2.24, 2.45) is 0 Å². The van der Waals surface area contributed by atoms with Crippen LogP contribution >= 0.6 is 0 Å². The number of carbonyl (C=O) groups excluding carboxylic acids is 1. The number of carbonyl (C=O) groups is 1. The minimum atomic E-state index is 0.0108. The molecule has 1 aromatic carbocycles. The number of nitrogens with zero attached hydrogens (tertiary/aromatic N) is 1. The van der Waals surface area contributed by atoms with E-state index in [1.165, 1.54) is 12.8 Å². The van der Waals surface area contributed by atoms with Crippen LogP contribution in [0.1, 0.15) is 42.1 Å². The van der Waals surface area contributed by atoms with Gasteiger partial charge in [0.25, 0.3) is 0 Å². The van der Waals surface area contributed by atoms with Crippen LogP contribution in [0.3, 0.4) is 0 Å². The fourth-order valence-corrected chi connectivity index (χ4v) is 2.06. The van der Waals surface area contributed by atoms with Crippen LogP contribution in [-0.4, -0.2) is 17.3 Å². The van der Waals surface area contributed by atoms with Crippen LogP contribution in [0.4, 0.5) is 5.82 Å². The van der Waals surface area contributed by atoms with Crippen LogP contribution in [0.25, 0.3) is 0 Å². The smallest absolute Gasteiger partial charge is 0.196 e. The Morgan fingerprint density at radius 1 is 1.10 bits per heavy atom. The summed E-state index contributed by atoms with van der Waals surface area (Å²) in [7, 11) is 0. The Morgan fingerprint density at radius 2 is 1.90 bits per heavy atom. The highest BCUT2D eigenvalue weighted by molar-refractivity contribution is 6.11. The number of unbranched alkanes of at least 4 members (excludes halogenated alkanes) is 2. The molecule has 1 aromatic heterocycles. The van der Waals surface area contributed by atoms with E-state index in [1.807, 2.05) is 36.4 Å². The Labute approximate surface area is 120 Å². The van der Waals surface area contributed by atoms with Gasteiger partial charge < -0.3 is 5.32 Å². The zero-order valence-corrected chi connectivity index (χ0v) is 11.8. The van der Waals surface area contributed by atoms with E-state index in [2.05, 4.69) is 17.2 Å². The van der Waals surface area contributed by atoms with Gasteiger partial charge in [-0.3, -0.25) is 4.79 Å². The number of pyridine rings is 1. The third kappa shape index (κ3) is 3.67. The first-order valence-electron chi connectivity index (χ1n) is 7.11. The second-order valence-electron chi connectivity index (χ2n) is 4.73. The third-order valence-electron chi connectivity index (χ3n) is 3.16. The summed E-state index contributed by atoms with van der Waals surface area (Å²) in [6, 6.07) is 12.9. The summed E-state index contributed by atoms with van der Waals surface area (Å²) in [5.41, 5.74) is 1.33. The molecule has 0 aliphatic carbocycles. The Kier molecular flexibility index (Phi) is 5.30. The van der Waals surface area contributed by atoms with E-state index in [4.69, 9.17) is 0 Å². The summed E-state index contributed by atoms with van der Waals surface area (Å²) in [5.74, 6) is 0.689. The average Bonchev–Trinajstić information content (AvgIpc) is 2.52. The lowest BCUT2D eigenvalue weighted by Gasteiger charge is -2.10. The molecule has 0 unspecified atom stereocenters. The monoisotopic (exact) mass is 268 g/mol. The molecule has 20 heavy (non-hydrogen) atoms. The van der Waals surface area contributed by atoms with E-state index in [9.17, 15) is 4.79 Å². The van der Waals surface area contributed by atoms with Crippen molar-refractivity contribution in [1.82, 2.24) is 4.98 Å². The normalized spacial score (nSPS) is 10.2. The van der Waals surface area contributed by atoms with Gasteiger partial charge >= 0.3 is 0 Å². The molecule has 2 aromatic rings. The summed E-state index contributed by atoms with van der Waals surface area (Å²) in [6.45, 7) is 3.02. The van der Waals surface area contributed by atoms with Gasteiger partial charge in [0.05, 0.1) is 5.56 Å². The van der Waals surface area contributed by atoms with Crippen LogP contribution < -0.4 is 5.32 Å². The van der Waals surface area contributed by atoms with Gasteiger partial charge in [0.15, 0.2) is 5.78 Å². The summed E-state index contributed by atoms with van der Waals surface area (Å²) in [6.07, 6.45) is 5.16. The first kappa shape index (κ1) is 14.3. The highest BCUT2D eigenvalue weighted by Crippen LogP contribution is 2.16. The second-order valence-corrected chi connectivity index (χ2v) is 4.73. The Hall–Kier alpha value is -2.16. The summed E-state index contributed by atoms with van der Waals surface area (Å²) >= 11 is 0. The number of hydrogen-bond acceptors (Lipinski definition) is 3. The fraction of sp³-hybridized carbons (Fsp3) is 0.294. The number of aromatic nitrogens is 1. The van der Waals surface area contributed by atoms with Gasteiger partial charge in [0, 0.05) is 18.3 Å². The molecular formula is C17H20N2O. The molecule has 0 fully saturated rings. The van der Waals surface area contributed by atoms with Crippen LogP contribution in [0, 0.1) is 0 Å². The molecule has 0 aliphatic heterocycles. The summed E-state index contributed by atoms with van der Waals surface area (Å²) < 4.78 is 0. The van der Waals surface area contributed by atoms with E-state index in [0.717, 1.165) is 13.0 Å². The molecular weight excluding hydrogens is 248 g/mol. The van der Waals surface area contributed by atoms with Crippen LogP contribution in [0.2, 0.25) is 0 Å². The lowest BCUT2D eigenvalue weighted by molar-refractivity contribution is 0.103. The van der Waals surface area contributed by atoms with Crippen molar-refractivity contribution < 1.29 is 4.79 Å². The summed E-state index contributed by atoms with van der Waals surface area (Å²) in [5, 5.41) is 3.27. The Morgan fingerprint density at radius 3 is 2.65 bits per heavy atom. The van der Waals surface area contributed by atoms with Crippen molar-refractivity contribution in [3.63, 3.8) is 0 Å². The van der Waals surface area contributed by atoms with Gasteiger partial charge in [-0.1, -0.05) is 50.1 Å². The van der Waals surface area contributed by atoms with Gasteiger partial charge in [-0.25, -0.2) is 4.98 Å². The molecule has 0 bridgehead atoms. The topological polar surface area (TPSA) is 42.0 Å². The number of hydrogen-bond donors (Lipinski definition) is 1. The number of ketones is 1. The lowest BCUT2D eigenvalue weighted by Crippen LogP contribution is -2.10. The van der Waals surface area contributed by atoms with E-state index in [-0.39, 0.29) is 5.78 Å². The van der Waals surface area contributed by atoms with Crippen LogP contribution in [-0.2, 0) is 0 Å². The molecule has 1 heterocycles. The van der Waals surface area contributed by atoms with E-state index in [1.54, 1.807) is 12.3 Å².